The van der Waals surface area contributed by atoms with E-state index in [1.165, 1.54) is 4.90 Å². The van der Waals surface area contributed by atoms with E-state index in [1.54, 1.807) is 32.3 Å². The smallest absolute Gasteiger partial charge is 0.270 e. The molecule has 23 heavy (non-hydrogen) atoms. The van der Waals surface area contributed by atoms with Crippen molar-refractivity contribution < 1.29 is 19.1 Å². The fraction of sp³-hybridized carbons (Fsp3) is 0.400. The van der Waals surface area contributed by atoms with Gasteiger partial charge in [-0.3, -0.25) is 14.4 Å². The fourth-order valence-corrected chi connectivity index (χ4v) is 2.81. The first-order valence-corrected chi connectivity index (χ1v) is 7.21. The monoisotopic (exact) mass is 318 g/mol. The maximum atomic E-state index is 12.4. The molecule has 1 aromatic rings. The molecule has 1 fully saturated rings. The number of hydrogen-bond acceptors (Lipinski definition) is 5. The molecular weight excluding hydrogens is 300 g/mol. The number of fused-ring (bicyclic) bond motifs is 1. The maximum Gasteiger partial charge on any atom is 0.270 e. The molecule has 2 aliphatic rings. The zero-order valence-corrected chi connectivity index (χ0v) is 12.9. The Balaban J connectivity index is 1.92. The average Bonchev–Trinajstić information content (AvgIpc) is 2.92. The van der Waals surface area contributed by atoms with Crippen molar-refractivity contribution in [3.8, 4) is 5.75 Å². The van der Waals surface area contributed by atoms with E-state index in [2.05, 4.69) is 10.6 Å². The van der Waals surface area contributed by atoms with Crippen LogP contribution in [0.15, 0.2) is 18.2 Å². The Hall–Kier alpha value is -2.61. The lowest BCUT2D eigenvalue weighted by molar-refractivity contribution is -0.131. The van der Waals surface area contributed by atoms with E-state index < -0.39 is 17.6 Å². The zero-order valence-electron chi connectivity index (χ0n) is 12.9. The molecule has 1 aromatic carbocycles. The molecule has 0 saturated carbocycles. The van der Waals surface area contributed by atoms with Crippen molar-refractivity contribution in [3.63, 3.8) is 0 Å². The molecule has 2 unspecified atom stereocenters. The first-order chi connectivity index (χ1) is 10.8. The normalized spacial score (nSPS) is 25.5. The predicted molar refractivity (Wildman–Crippen MR) is 82.1 cm³/mol. The summed E-state index contributed by atoms with van der Waals surface area (Å²) in [5.41, 5.74) is 5.05. The van der Waals surface area contributed by atoms with Gasteiger partial charge in [-0.1, -0.05) is 0 Å². The maximum absolute atomic E-state index is 12.4. The Labute approximate surface area is 133 Å². The second-order valence-electron chi connectivity index (χ2n) is 6.00. The number of carbonyl (C=O) groups is 3. The minimum absolute atomic E-state index is 0.152. The van der Waals surface area contributed by atoms with Crippen LogP contribution < -0.4 is 21.1 Å². The van der Waals surface area contributed by atoms with Crippen LogP contribution in [0, 0.1) is 0 Å². The number of nitrogens with two attached hydrogens (primary N) is 1. The summed E-state index contributed by atoms with van der Waals surface area (Å²) in [4.78, 5) is 37.2. The number of benzene rings is 1. The number of rotatable bonds is 2. The average molecular weight is 318 g/mol. The van der Waals surface area contributed by atoms with Crippen LogP contribution in [0.3, 0.4) is 0 Å². The van der Waals surface area contributed by atoms with E-state index in [-0.39, 0.29) is 24.8 Å². The third-order valence-corrected chi connectivity index (χ3v) is 4.11. The molecule has 8 nitrogen and oxygen atoms in total. The van der Waals surface area contributed by atoms with E-state index in [4.69, 9.17) is 10.5 Å². The van der Waals surface area contributed by atoms with Gasteiger partial charge in [-0.15, -0.1) is 0 Å². The highest BCUT2D eigenvalue weighted by Crippen LogP contribution is 2.38. The number of amides is 3. The van der Waals surface area contributed by atoms with E-state index in [9.17, 15) is 14.4 Å². The molecule has 0 aromatic heterocycles. The number of nitrogens with one attached hydrogen (secondary N) is 2. The van der Waals surface area contributed by atoms with E-state index in [0.717, 1.165) is 0 Å². The van der Waals surface area contributed by atoms with Crippen molar-refractivity contribution in [3.05, 3.63) is 23.8 Å². The molecule has 0 bridgehead atoms. The molecule has 2 heterocycles. The van der Waals surface area contributed by atoms with Crippen LogP contribution >= 0.6 is 0 Å². The summed E-state index contributed by atoms with van der Waals surface area (Å²) < 4.78 is 5.89. The Kier molecular flexibility index (Phi) is 3.48. The van der Waals surface area contributed by atoms with Gasteiger partial charge in [-0.25, -0.2) is 0 Å². The lowest BCUT2D eigenvalue weighted by atomic mass is 9.96. The summed E-state index contributed by atoms with van der Waals surface area (Å²) in [7, 11) is 3.31. The number of nitrogens with zero attached hydrogens (tertiary/aromatic N) is 1. The number of carbonyl (C=O) groups excluding carboxylic acids is 3. The van der Waals surface area contributed by atoms with Crippen molar-refractivity contribution in [1.82, 2.24) is 10.2 Å². The van der Waals surface area contributed by atoms with E-state index in [0.29, 0.717) is 17.0 Å². The standard InChI is InChI=1S/C15H18N4O4/c1-19(2)13(21)8-3-4-9-11(5-8)23-15(14(22)18-9)6-10(12(16)20)17-7-15/h3-5,10,17H,6-7H2,1-2H3,(H2,16,20)(H,18,22). The van der Waals surface area contributed by atoms with Crippen molar-refractivity contribution in [1.29, 1.82) is 0 Å². The Morgan fingerprint density at radius 1 is 1.39 bits per heavy atom. The van der Waals surface area contributed by atoms with Gasteiger partial charge in [0.15, 0.2) is 0 Å². The summed E-state index contributed by atoms with van der Waals surface area (Å²) in [5.74, 6) is -0.611. The first kappa shape index (κ1) is 15.3. The van der Waals surface area contributed by atoms with Gasteiger partial charge in [-0.2, -0.15) is 0 Å². The van der Waals surface area contributed by atoms with Gasteiger partial charge < -0.3 is 26.0 Å². The summed E-state index contributed by atoms with van der Waals surface area (Å²) in [6.45, 7) is 0.178. The van der Waals surface area contributed by atoms with Gasteiger partial charge in [0.1, 0.15) is 5.75 Å². The molecule has 3 rings (SSSR count). The summed E-state index contributed by atoms with van der Waals surface area (Å²) in [6, 6.07) is 4.23. The largest absolute Gasteiger partial charge is 0.474 e. The van der Waals surface area contributed by atoms with Crippen LogP contribution in [0.4, 0.5) is 5.69 Å². The molecule has 2 atom stereocenters. The number of primary amides is 1. The third-order valence-electron chi connectivity index (χ3n) is 4.11. The lowest BCUT2D eigenvalue weighted by Crippen LogP contribution is -2.52. The quantitative estimate of drug-likeness (QED) is 0.667. The van der Waals surface area contributed by atoms with Crippen molar-refractivity contribution in [2.24, 2.45) is 5.73 Å². The van der Waals surface area contributed by atoms with Crippen LogP contribution in [-0.4, -0.2) is 54.9 Å². The van der Waals surface area contributed by atoms with Crippen LogP contribution in [0.2, 0.25) is 0 Å². The third kappa shape index (κ3) is 2.50. The van der Waals surface area contributed by atoms with Crippen molar-refractivity contribution in [2.75, 3.05) is 26.0 Å². The van der Waals surface area contributed by atoms with Gasteiger partial charge in [0.2, 0.25) is 11.5 Å². The van der Waals surface area contributed by atoms with Gasteiger partial charge in [0.25, 0.3) is 11.8 Å². The molecule has 1 spiro atoms. The van der Waals surface area contributed by atoms with Crippen LogP contribution in [0.25, 0.3) is 0 Å². The minimum atomic E-state index is -1.19. The van der Waals surface area contributed by atoms with Crippen LogP contribution in [-0.2, 0) is 9.59 Å². The molecule has 2 aliphatic heterocycles. The van der Waals surface area contributed by atoms with Crippen molar-refractivity contribution in [2.45, 2.75) is 18.1 Å². The molecular formula is C15H18N4O4. The topological polar surface area (TPSA) is 114 Å². The predicted octanol–water partition coefficient (Wildman–Crippen LogP) is -0.695. The highest BCUT2D eigenvalue weighted by Gasteiger charge is 2.51. The molecule has 0 aliphatic carbocycles. The second kappa shape index (κ2) is 5.24. The number of ether oxygens (including phenoxy) is 1. The molecule has 0 radical (unpaired) electrons. The molecule has 3 amide bonds. The lowest BCUT2D eigenvalue weighted by Gasteiger charge is -2.34. The van der Waals surface area contributed by atoms with Crippen LogP contribution in [0.1, 0.15) is 16.8 Å². The second-order valence-corrected chi connectivity index (χ2v) is 6.00. The van der Waals surface area contributed by atoms with Gasteiger partial charge in [0, 0.05) is 32.6 Å². The van der Waals surface area contributed by atoms with Crippen LogP contribution in [0.5, 0.6) is 5.75 Å². The first-order valence-electron chi connectivity index (χ1n) is 7.21. The van der Waals surface area contributed by atoms with E-state index in [1.807, 2.05) is 0 Å². The Morgan fingerprint density at radius 2 is 2.13 bits per heavy atom. The zero-order chi connectivity index (χ0) is 16.8. The summed E-state index contributed by atoms with van der Waals surface area (Å²) in [5, 5.41) is 5.66. The molecule has 1 saturated heterocycles. The van der Waals surface area contributed by atoms with Crippen molar-refractivity contribution >= 4 is 23.4 Å². The van der Waals surface area contributed by atoms with Gasteiger partial charge in [-0.05, 0) is 18.2 Å². The number of anilines is 1. The van der Waals surface area contributed by atoms with Gasteiger partial charge >= 0.3 is 0 Å². The summed E-state index contributed by atoms with van der Waals surface area (Å²) >= 11 is 0. The van der Waals surface area contributed by atoms with E-state index >= 15 is 0 Å². The number of hydrogen-bond donors (Lipinski definition) is 3. The fourth-order valence-electron chi connectivity index (χ4n) is 2.81. The molecule has 122 valence electrons. The molecule has 8 heteroatoms. The summed E-state index contributed by atoms with van der Waals surface area (Å²) in [6.07, 6.45) is 0.152. The molecule has 4 N–H and O–H groups in total. The Bertz CT molecular complexity index is 703. The Morgan fingerprint density at radius 3 is 2.74 bits per heavy atom. The van der Waals surface area contributed by atoms with Gasteiger partial charge in [0.05, 0.1) is 11.7 Å². The highest BCUT2D eigenvalue weighted by atomic mass is 16.5. The minimum Gasteiger partial charge on any atom is -0.474 e. The SMILES string of the molecule is CN(C)C(=O)c1ccc2c(c1)OC1(CNC(C(N)=O)C1)C(=O)N2. The highest BCUT2D eigenvalue weighted by molar-refractivity contribution is 6.03.